The molecule has 1 aromatic rings. The third-order valence-electron chi connectivity index (χ3n) is 3.11. The number of benzene rings is 1. The monoisotopic (exact) mass is 286 g/mol. The number of thiocarbonyl (C=S) groups is 1. The predicted octanol–water partition coefficient (Wildman–Crippen LogP) is 2.19. The highest BCUT2D eigenvalue weighted by atomic mass is 32.2. The fourth-order valence-corrected chi connectivity index (χ4v) is 3.53. The maximum absolute atomic E-state index is 9.31. The Bertz CT molecular complexity index is 697. The van der Waals surface area contributed by atoms with Crippen molar-refractivity contribution < 1.29 is 0 Å². The summed E-state index contributed by atoms with van der Waals surface area (Å²) in [7, 11) is 0. The van der Waals surface area contributed by atoms with Crippen molar-refractivity contribution in [2.75, 3.05) is 4.90 Å². The maximum atomic E-state index is 9.31. The number of hydrogen-bond acceptors (Lipinski definition) is 5. The molecule has 0 spiro atoms. The second-order valence-electron chi connectivity index (χ2n) is 4.21. The maximum Gasteiger partial charge on any atom is 0.115 e. The predicted molar refractivity (Wildman–Crippen MR) is 80.0 cm³/mol. The van der Waals surface area contributed by atoms with Gasteiger partial charge in [0.1, 0.15) is 15.8 Å². The number of allylic oxidation sites excluding steroid dienone is 1. The van der Waals surface area contributed by atoms with Crippen molar-refractivity contribution >= 4 is 34.7 Å². The van der Waals surface area contributed by atoms with E-state index in [-0.39, 0.29) is 4.99 Å². The van der Waals surface area contributed by atoms with Crippen LogP contribution in [-0.2, 0) is 0 Å². The number of rotatable bonds is 1. The molecule has 2 aliphatic heterocycles. The van der Waals surface area contributed by atoms with E-state index in [0.717, 1.165) is 15.6 Å². The Hall–Kier alpha value is -1.97. The molecular weight excluding hydrogens is 276 g/mol. The molecule has 0 fully saturated rings. The van der Waals surface area contributed by atoms with Gasteiger partial charge in [-0.05, 0) is 12.1 Å². The summed E-state index contributed by atoms with van der Waals surface area (Å²) in [4.78, 5) is 3.20. The third-order valence-corrected chi connectivity index (χ3v) is 4.54. The van der Waals surface area contributed by atoms with Gasteiger partial charge in [0.25, 0.3) is 0 Å². The zero-order valence-electron chi connectivity index (χ0n) is 9.88. The molecule has 3 rings (SSSR count). The van der Waals surface area contributed by atoms with Crippen LogP contribution in [0.25, 0.3) is 0 Å². The molecule has 94 valence electrons. The molecule has 2 heterocycles. The molecule has 0 bridgehead atoms. The Balaban J connectivity index is 2.23. The Labute approximate surface area is 120 Å². The van der Waals surface area contributed by atoms with Crippen LogP contribution in [0, 0.1) is 11.3 Å². The fraction of sp³-hybridized carbons (Fsp3) is 0.0769. The van der Waals surface area contributed by atoms with E-state index in [2.05, 4.69) is 6.07 Å². The number of anilines is 1. The molecule has 0 aliphatic carbocycles. The van der Waals surface area contributed by atoms with Crippen LogP contribution >= 0.6 is 24.0 Å². The summed E-state index contributed by atoms with van der Waals surface area (Å²) < 4.78 is 0. The van der Waals surface area contributed by atoms with Crippen LogP contribution in [0.15, 0.2) is 51.2 Å². The number of fused-ring (bicyclic) bond motifs is 3. The van der Waals surface area contributed by atoms with E-state index < -0.39 is 0 Å². The van der Waals surface area contributed by atoms with Gasteiger partial charge in [0.2, 0.25) is 0 Å². The molecule has 0 unspecified atom stereocenters. The topological polar surface area (TPSA) is 79.1 Å². The van der Waals surface area contributed by atoms with Crippen LogP contribution < -0.4 is 16.4 Å². The molecule has 4 nitrogen and oxygen atoms in total. The largest absolute Gasteiger partial charge is 0.390 e. The summed E-state index contributed by atoms with van der Waals surface area (Å²) in [5.74, 6) is 0.527. The average Bonchev–Trinajstić information content (AvgIpc) is 2.78. The number of nitrogens with zero attached hydrogens (tertiary/aromatic N) is 2. The first-order chi connectivity index (χ1) is 9.13. The smallest absolute Gasteiger partial charge is 0.115 e. The molecular formula is C13H10N4S2. The molecule has 1 aromatic carbocycles. The molecule has 0 amide bonds. The summed E-state index contributed by atoms with van der Waals surface area (Å²) in [5, 5.41) is 10.2. The van der Waals surface area contributed by atoms with Gasteiger partial charge in [-0.1, -0.05) is 36.1 Å². The van der Waals surface area contributed by atoms with E-state index in [4.69, 9.17) is 23.7 Å². The van der Waals surface area contributed by atoms with Crippen molar-refractivity contribution in [3.63, 3.8) is 0 Å². The van der Waals surface area contributed by atoms with E-state index in [1.807, 2.05) is 29.2 Å². The van der Waals surface area contributed by atoms with Gasteiger partial charge in [0, 0.05) is 16.9 Å². The number of para-hydroxylation sites is 1. The summed E-state index contributed by atoms with van der Waals surface area (Å²) >= 11 is 6.58. The van der Waals surface area contributed by atoms with E-state index in [1.54, 1.807) is 11.8 Å². The van der Waals surface area contributed by atoms with Crippen molar-refractivity contribution in [2.24, 2.45) is 11.5 Å². The van der Waals surface area contributed by atoms with E-state index in [0.29, 0.717) is 23.4 Å². The Morgan fingerprint density at radius 1 is 1.42 bits per heavy atom. The Morgan fingerprint density at radius 2 is 2.16 bits per heavy atom. The molecule has 0 saturated carbocycles. The van der Waals surface area contributed by atoms with Crippen LogP contribution in [-0.4, -0.2) is 4.99 Å². The first kappa shape index (κ1) is 12.1. The van der Waals surface area contributed by atoms with Gasteiger partial charge in [-0.3, -0.25) is 4.90 Å². The zero-order chi connectivity index (χ0) is 13.6. The van der Waals surface area contributed by atoms with Crippen LogP contribution in [0.2, 0.25) is 0 Å². The number of nitrogens with two attached hydrogens (primary N) is 2. The minimum Gasteiger partial charge on any atom is -0.390 e. The van der Waals surface area contributed by atoms with Gasteiger partial charge < -0.3 is 11.5 Å². The summed E-state index contributed by atoms with van der Waals surface area (Å²) in [6, 6.07) is 10.1. The lowest BCUT2D eigenvalue weighted by Crippen LogP contribution is -2.32. The highest BCUT2D eigenvalue weighted by molar-refractivity contribution is 8.03. The number of nitriles is 1. The minimum atomic E-state index is 0.249. The van der Waals surface area contributed by atoms with Crippen molar-refractivity contribution in [3.05, 3.63) is 46.3 Å². The van der Waals surface area contributed by atoms with E-state index in [1.165, 1.54) is 0 Å². The Morgan fingerprint density at radius 3 is 2.84 bits per heavy atom. The fourth-order valence-electron chi connectivity index (χ4n) is 2.20. The van der Waals surface area contributed by atoms with Crippen LogP contribution in [0.3, 0.4) is 0 Å². The van der Waals surface area contributed by atoms with Crippen LogP contribution in [0.4, 0.5) is 5.69 Å². The lowest BCUT2D eigenvalue weighted by atomic mass is 10.0. The molecule has 6 heteroatoms. The van der Waals surface area contributed by atoms with Gasteiger partial charge in [-0.15, -0.1) is 0 Å². The van der Waals surface area contributed by atoms with Crippen molar-refractivity contribution in [2.45, 2.75) is 11.3 Å². The molecule has 0 radical (unpaired) electrons. The minimum absolute atomic E-state index is 0.249. The van der Waals surface area contributed by atoms with Crippen molar-refractivity contribution in [3.8, 4) is 6.07 Å². The van der Waals surface area contributed by atoms with Crippen molar-refractivity contribution in [1.82, 2.24) is 0 Å². The first-order valence-electron chi connectivity index (χ1n) is 5.62. The molecule has 0 aromatic heterocycles. The van der Waals surface area contributed by atoms with Crippen LogP contribution in [0.1, 0.15) is 6.42 Å². The Kier molecular flexibility index (Phi) is 2.73. The first-order valence-corrected chi connectivity index (χ1v) is 6.84. The van der Waals surface area contributed by atoms with Crippen molar-refractivity contribution in [1.29, 1.82) is 5.26 Å². The molecule has 19 heavy (non-hydrogen) atoms. The average molecular weight is 286 g/mol. The van der Waals surface area contributed by atoms with Gasteiger partial charge >= 0.3 is 0 Å². The summed E-state index contributed by atoms with van der Waals surface area (Å²) in [5.41, 5.74) is 14.2. The van der Waals surface area contributed by atoms with Gasteiger partial charge in [0.15, 0.2) is 0 Å². The second-order valence-corrected chi connectivity index (χ2v) is 5.68. The SMILES string of the molecule is N#CC1=C2Sc3ccccc3N2C(N)=C(C(N)=S)C1. The number of hydrogen-bond donors (Lipinski definition) is 2. The summed E-state index contributed by atoms with van der Waals surface area (Å²) in [6.45, 7) is 0. The normalized spacial score (nSPS) is 17.1. The molecule has 2 aliphatic rings. The van der Waals surface area contributed by atoms with Gasteiger partial charge in [-0.2, -0.15) is 5.26 Å². The third kappa shape index (κ3) is 1.70. The molecule has 0 saturated heterocycles. The van der Waals surface area contributed by atoms with Gasteiger partial charge in [-0.25, -0.2) is 0 Å². The highest BCUT2D eigenvalue weighted by Gasteiger charge is 2.34. The van der Waals surface area contributed by atoms with E-state index >= 15 is 0 Å². The lowest BCUT2D eigenvalue weighted by molar-refractivity contribution is 0.990. The summed E-state index contributed by atoms with van der Waals surface area (Å²) in [6.07, 6.45) is 0.407. The molecule has 0 atom stereocenters. The zero-order valence-corrected chi connectivity index (χ0v) is 11.5. The molecule has 4 N–H and O–H groups in total. The number of thioether (sulfide) groups is 1. The highest BCUT2D eigenvalue weighted by Crippen LogP contribution is 2.51. The van der Waals surface area contributed by atoms with Crippen LogP contribution in [0.5, 0.6) is 0 Å². The lowest BCUT2D eigenvalue weighted by Gasteiger charge is -2.28. The van der Waals surface area contributed by atoms with E-state index in [9.17, 15) is 5.26 Å². The quantitative estimate of drug-likeness (QED) is 0.770. The second kappa shape index (κ2) is 4.30. The standard InChI is InChI=1S/C13H10N4S2/c14-6-7-5-8(12(16)18)11(15)17-9-3-1-2-4-10(9)19-13(7)17/h1-4H,5,15H2,(H2,16,18). The van der Waals surface area contributed by atoms with Gasteiger partial charge in [0.05, 0.1) is 17.3 Å².